The largest absolute Gasteiger partial charge is 0.506 e. The Balaban J connectivity index is 1.64. The molecule has 0 bridgehead atoms. The number of Topliss-reactive ketones (excluding diaryl/α,β-unsaturated/α-hetero) is 1. The van der Waals surface area contributed by atoms with Crippen LogP contribution in [0.25, 0.3) is 6.08 Å². The average molecular weight is 410 g/mol. The van der Waals surface area contributed by atoms with E-state index in [1.165, 1.54) is 7.11 Å². The molecule has 0 saturated heterocycles. The van der Waals surface area contributed by atoms with Crippen molar-refractivity contribution in [1.29, 1.82) is 0 Å². The molecule has 156 valence electrons. The first-order valence-corrected chi connectivity index (χ1v) is 9.71. The van der Waals surface area contributed by atoms with Crippen molar-refractivity contribution in [3.8, 4) is 34.5 Å². The number of aromatic hydroxyl groups is 1. The fraction of sp³-hybridized carbons (Fsp3) is 0.348. The molecule has 2 atom stereocenters. The van der Waals surface area contributed by atoms with Crippen molar-refractivity contribution in [3.63, 3.8) is 0 Å². The van der Waals surface area contributed by atoms with E-state index in [9.17, 15) is 9.90 Å². The molecule has 1 N–H and O–H groups in total. The van der Waals surface area contributed by atoms with Crippen molar-refractivity contribution >= 4 is 11.9 Å². The first kappa shape index (κ1) is 18.7. The molecule has 2 aromatic rings. The molecule has 0 aromatic heterocycles. The predicted molar refractivity (Wildman–Crippen MR) is 108 cm³/mol. The Morgan fingerprint density at radius 2 is 1.80 bits per heavy atom. The number of carbonyl (C=O) groups is 1. The second kappa shape index (κ2) is 6.32. The molecule has 0 aliphatic carbocycles. The summed E-state index contributed by atoms with van der Waals surface area (Å²) in [5.74, 6) is 1.34. The Hall–Kier alpha value is -3.35. The van der Waals surface area contributed by atoms with E-state index in [-0.39, 0.29) is 23.7 Å². The van der Waals surface area contributed by atoms with Gasteiger partial charge in [-0.3, -0.25) is 4.79 Å². The van der Waals surface area contributed by atoms with Crippen LogP contribution in [0.3, 0.4) is 0 Å². The highest BCUT2D eigenvalue weighted by atomic mass is 16.5. The monoisotopic (exact) mass is 410 g/mol. The summed E-state index contributed by atoms with van der Waals surface area (Å²) in [5.41, 5.74) is 0.760. The number of phenols is 1. The maximum atomic E-state index is 13.6. The fourth-order valence-electron chi connectivity index (χ4n) is 4.26. The molecule has 0 radical (unpaired) electrons. The molecule has 0 saturated carbocycles. The van der Waals surface area contributed by atoms with Crippen LogP contribution in [0, 0.1) is 0 Å². The van der Waals surface area contributed by atoms with Crippen LogP contribution in [-0.2, 0) is 0 Å². The Labute approximate surface area is 173 Å². The zero-order valence-corrected chi connectivity index (χ0v) is 17.1. The van der Waals surface area contributed by atoms with Gasteiger partial charge in [0.15, 0.2) is 17.3 Å². The molecule has 30 heavy (non-hydrogen) atoms. The van der Waals surface area contributed by atoms with Crippen LogP contribution in [-0.4, -0.2) is 43.4 Å². The van der Waals surface area contributed by atoms with Gasteiger partial charge in [-0.1, -0.05) is 0 Å². The van der Waals surface area contributed by atoms with Gasteiger partial charge in [0.05, 0.1) is 25.7 Å². The quantitative estimate of drug-likeness (QED) is 0.808. The van der Waals surface area contributed by atoms with Crippen LogP contribution in [0.15, 0.2) is 24.3 Å². The van der Waals surface area contributed by atoms with Crippen LogP contribution in [0.1, 0.15) is 41.3 Å². The van der Waals surface area contributed by atoms with E-state index >= 15 is 0 Å². The van der Waals surface area contributed by atoms with E-state index < -0.39 is 17.6 Å². The number of ketones is 1. The van der Waals surface area contributed by atoms with Gasteiger partial charge < -0.3 is 28.8 Å². The maximum Gasteiger partial charge on any atom is 0.181 e. The number of hydrogen-bond donors (Lipinski definition) is 1. The van der Waals surface area contributed by atoms with Crippen molar-refractivity contribution in [2.45, 2.75) is 31.5 Å². The van der Waals surface area contributed by atoms with Gasteiger partial charge in [0.1, 0.15) is 46.9 Å². The molecule has 0 amide bonds. The van der Waals surface area contributed by atoms with Crippen molar-refractivity contribution in [2.75, 3.05) is 20.8 Å². The third-order valence-corrected chi connectivity index (χ3v) is 5.72. The third kappa shape index (κ3) is 2.61. The number of phenolic OH excluding ortho intramolecular Hbond substituents is 1. The third-order valence-electron chi connectivity index (χ3n) is 5.72. The second-order valence-corrected chi connectivity index (χ2v) is 8.10. The summed E-state index contributed by atoms with van der Waals surface area (Å²) in [5, 5.41) is 10.9. The lowest BCUT2D eigenvalue weighted by Gasteiger charge is -2.38. The molecule has 3 aliphatic heterocycles. The minimum absolute atomic E-state index is 0.133. The average Bonchev–Trinajstić information content (AvgIpc) is 2.71. The summed E-state index contributed by atoms with van der Waals surface area (Å²) in [6.07, 6.45) is 3.10. The van der Waals surface area contributed by atoms with Gasteiger partial charge in [-0.2, -0.15) is 0 Å². The summed E-state index contributed by atoms with van der Waals surface area (Å²) < 4.78 is 28.7. The van der Waals surface area contributed by atoms with E-state index in [1.807, 2.05) is 19.9 Å². The zero-order valence-electron chi connectivity index (χ0n) is 17.1. The Kier molecular flexibility index (Phi) is 3.93. The lowest BCUT2D eigenvalue weighted by atomic mass is 9.81. The van der Waals surface area contributed by atoms with Gasteiger partial charge >= 0.3 is 0 Å². The van der Waals surface area contributed by atoms with Crippen LogP contribution in [0.5, 0.6) is 34.5 Å². The molecular formula is C23H22O7. The molecule has 7 heteroatoms. The zero-order chi connectivity index (χ0) is 21.2. The number of benzene rings is 2. The summed E-state index contributed by atoms with van der Waals surface area (Å²) in [7, 11) is 3.07. The molecule has 3 heterocycles. The van der Waals surface area contributed by atoms with Gasteiger partial charge in [0.2, 0.25) is 0 Å². The van der Waals surface area contributed by atoms with Crippen LogP contribution >= 0.6 is 0 Å². The molecule has 7 nitrogen and oxygen atoms in total. The molecule has 0 spiro atoms. The lowest BCUT2D eigenvalue weighted by molar-refractivity contribution is 0.0549. The first-order valence-electron chi connectivity index (χ1n) is 9.71. The van der Waals surface area contributed by atoms with E-state index in [0.29, 0.717) is 39.9 Å². The van der Waals surface area contributed by atoms with Gasteiger partial charge in [-0.15, -0.1) is 0 Å². The highest BCUT2D eigenvalue weighted by Gasteiger charge is 2.46. The fourth-order valence-corrected chi connectivity index (χ4v) is 4.26. The highest BCUT2D eigenvalue weighted by Crippen LogP contribution is 2.51. The number of carbonyl (C=O) groups excluding carboxylic acids is 1. The molecular weight excluding hydrogens is 388 g/mol. The van der Waals surface area contributed by atoms with E-state index in [2.05, 4.69) is 0 Å². The van der Waals surface area contributed by atoms with Crippen molar-refractivity contribution in [2.24, 2.45) is 0 Å². The highest BCUT2D eigenvalue weighted by molar-refractivity contribution is 6.08. The van der Waals surface area contributed by atoms with Crippen molar-refractivity contribution < 1.29 is 33.6 Å². The number of rotatable bonds is 2. The molecule has 0 unspecified atom stereocenters. The van der Waals surface area contributed by atoms with Crippen molar-refractivity contribution in [1.82, 2.24) is 0 Å². The number of methoxy groups -OCH3 is 2. The van der Waals surface area contributed by atoms with Gasteiger partial charge in [-0.05, 0) is 32.1 Å². The Morgan fingerprint density at radius 3 is 2.53 bits per heavy atom. The summed E-state index contributed by atoms with van der Waals surface area (Å²) in [4.78, 5) is 13.6. The lowest BCUT2D eigenvalue weighted by Crippen LogP contribution is -2.43. The number of fused-ring (bicyclic) bond motifs is 5. The van der Waals surface area contributed by atoms with Crippen LogP contribution < -0.4 is 23.7 Å². The van der Waals surface area contributed by atoms with Crippen LogP contribution in [0.4, 0.5) is 0 Å². The van der Waals surface area contributed by atoms with Gasteiger partial charge in [-0.25, -0.2) is 0 Å². The van der Waals surface area contributed by atoms with E-state index in [4.69, 9.17) is 23.7 Å². The predicted octanol–water partition coefficient (Wildman–Crippen LogP) is 3.71. The first-order chi connectivity index (χ1) is 14.3. The summed E-state index contributed by atoms with van der Waals surface area (Å²) in [6, 6.07) is 5.12. The topological polar surface area (TPSA) is 83.5 Å². The van der Waals surface area contributed by atoms with Gasteiger partial charge in [0.25, 0.3) is 0 Å². The SMILES string of the molecule is COc1cc2c(cc1OC)[C@H]1C(=O)c3c(cc4c(c3O)C=CC(C)(C)O4)O[C@H]1CO2. The number of ether oxygens (including phenoxy) is 5. The number of hydrogen-bond acceptors (Lipinski definition) is 7. The molecule has 2 aromatic carbocycles. The smallest absolute Gasteiger partial charge is 0.181 e. The minimum Gasteiger partial charge on any atom is -0.506 e. The minimum atomic E-state index is -0.630. The van der Waals surface area contributed by atoms with Crippen LogP contribution in [0.2, 0.25) is 0 Å². The van der Waals surface area contributed by atoms with E-state index in [0.717, 1.165) is 0 Å². The standard InChI is InChI=1S/C23H22O7/c1-23(2)6-5-11-14(30-23)9-17-20(21(11)24)22(25)19-12-7-15(26-3)16(27-4)8-13(12)28-10-18(19)29-17/h5-9,18-19,24H,10H2,1-4H3/t18-,19+/m0/s1. The summed E-state index contributed by atoms with van der Waals surface area (Å²) in [6.45, 7) is 4.03. The van der Waals surface area contributed by atoms with Crippen molar-refractivity contribution in [3.05, 3.63) is 41.0 Å². The molecule has 0 fully saturated rings. The molecule has 3 aliphatic rings. The second-order valence-electron chi connectivity index (χ2n) is 8.10. The maximum absolute atomic E-state index is 13.6. The Morgan fingerprint density at radius 1 is 1.07 bits per heavy atom. The Bertz CT molecular complexity index is 1100. The van der Waals surface area contributed by atoms with E-state index in [1.54, 1.807) is 31.4 Å². The van der Waals surface area contributed by atoms with Gasteiger partial charge in [0, 0.05) is 17.7 Å². The normalized spacial score (nSPS) is 22.3. The molecule has 5 rings (SSSR count). The summed E-state index contributed by atoms with van der Waals surface area (Å²) >= 11 is 0.